The third-order valence-electron chi connectivity index (χ3n) is 6.53. The molecular formula is C26H27N5O3S. The number of anilines is 2. The average molecular weight is 490 g/mol. The fourth-order valence-electron chi connectivity index (χ4n) is 4.74. The highest BCUT2D eigenvalue weighted by Gasteiger charge is 2.36. The maximum atomic E-state index is 12.9. The monoisotopic (exact) mass is 489 g/mol. The second-order valence-corrected chi connectivity index (χ2v) is 9.73. The minimum absolute atomic E-state index is 0.00861. The number of nitrogens with one attached hydrogen (secondary N) is 1. The molecule has 5 rings (SSSR count). The smallest absolute Gasteiger partial charge is 0.282 e. The van der Waals surface area contributed by atoms with Crippen molar-refractivity contribution < 1.29 is 14.4 Å². The van der Waals surface area contributed by atoms with Gasteiger partial charge in [-0.1, -0.05) is 24.3 Å². The molecule has 0 radical (unpaired) electrons. The molecule has 1 unspecified atom stereocenters. The van der Waals surface area contributed by atoms with Crippen LogP contribution in [0.25, 0.3) is 11.1 Å². The number of rotatable bonds is 5. The number of benzene rings is 2. The van der Waals surface area contributed by atoms with E-state index in [0.717, 1.165) is 35.6 Å². The van der Waals surface area contributed by atoms with Gasteiger partial charge in [0.25, 0.3) is 5.91 Å². The number of aromatic nitrogens is 1. The van der Waals surface area contributed by atoms with E-state index in [2.05, 4.69) is 15.2 Å². The Morgan fingerprint density at radius 3 is 2.49 bits per heavy atom. The van der Waals surface area contributed by atoms with E-state index < -0.39 is 0 Å². The number of hydrogen-bond donors (Lipinski definition) is 1. The molecule has 180 valence electrons. The Morgan fingerprint density at radius 2 is 1.80 bits per heavy atom. The van der Waals surface area contributed by atoms with Gasteiger partial charge in [-0.3, -0.25) is 19.3 Å². The van der Waals surface area contributed by atoms with E-state index in [1.807, 2.05) is 63.7 Å². The van der Waals surface area contributed by atoms with Crippen molar-refractivity contribution in [2.75, 3.05) is 42.9 Å². The van der Waals surface area contributed by atoms with Gasteiger partial charge in [-0.25, -0.2) is 4.98 Å². The van der Waals surface area contributed by atoms with Crippen LogP contribution in [-0.2, 0) is 9.59 Å². The lowest BCUT2D eigenvalue weighted by atomic mass is 10.0. The minimum Gasteiger partial charge on any atom is -0.334 e. The number of carbonyl (C=O) groups excluding carboxylic acids is 3. The summed E-state index contributed by atoms with van der Waals surface area (Å²) in [7, 11) is 0. The Morgan fingerprint density at radius 1 is 1.03 bits per heavy atom. The maximum Gasteiger partial charge on any atom is 0.282 e. The Balaban J connectivity index is 1.22. The normalized spacial score (nSPS) is 18.7. The van der Waals surface area contributed by atoms with Crippen LogP contribution in [0, 0.1) is 0 Å². The van der Waals surface area contributed by atoms with Crippen molar-refractivity contribution in [2.24, 2.45) is 0 Å². The second-order valence-electron chi connectivity index (χ2n) is 8.84. The largest absolute Gasteiger partial charge is 0.334 e. The van der Waals surface area contributed by atoms with Crippen molar-refractivity contribution in [3.63, 3.8) is 0 Å². The van der Waals surface area contributed by atoms with Crippen molar-refractivity contribution >= 4 is 40.4 Å². The van der Waals surface area contributed by atoms with Gasteiger partial charge in [0.15, 0.2) is 5.01 Å². The van der Waals surface area contributed by atoms with Crippen molar-refractivity contribution in [2.45, 2.75) is 19.4 Å². The molecule has 1 aromatic heterocycles. The quantitative estimate of drug-likeness (QED) is 0.594. The van der Waals surface area contributed by atoms with Crippen molar-refractivity contribution in [3.05, 3.63) is 65.1 Å². The van der Waals surface area contributed by atoms with E-state index in [9.17, 15) is 14.4 Å². The van der Waals surface area contributed by atoms with Crippen molar-refractivity contribution in [1.82, 2.24) is 14.8 Å². The van der Waals surface area contributed by atoms with E-state index >= 15 is 0 Å². The first-order chi connectivity index (χ1) is 17.0. The van der Waals surface area contributed by atoms with Crippen LogP contribution in [0.1, 0.15) is 23.1 Å². The molecule has 2 saturated heterocycles. The molecule has 9 heteroatoms. The van der Waals surface area contributed by atoms with Crippen LogP contribution in [0.5, 0.6) is 0 Å². The van der Waals surface area contributed by atoms with Gasteiger partial charge in [-0.15, -0.1) is 11.3 Å². The van der Waals surface area contributed by atoms with Crippen LogP contribution in [0.2, 0.25) is 0 Å². The number of piperazine rings is 1. The summed E-state index contributed by atoms with van der Waals surface area (Å²) in [5.74, 6) is 0.00882. The first-order valence-corrected chi connectivity index (χ1v) is 12.6. The van der Waals surface area contributed by atoms with Gasteiger partial charge >= 0.3 is 0 Å². The number of hydrogen-bond acceptors (Lipinski definition) is 6. The molecule has 3 heterocycles. The van der Waals surface area contributed by atoms with Crippen molar-refractivity contribution in [1.29, 1.82) is 0 Å². The zero-order chi connectivity index (χ0) is 24.4. The summed E-state index contributed by atoms with van der Waals surface area (Å²) in [5.41, 5.74) is 3.68. The molecule has 0 saturated carbocycles. The average Bonchev–Trinajstić information content (AvgIpc) is 3.54. The molecule has 2 fully saturated rings. The molecule has 0 aliphatic carbocycles. The van der Waals surface area contributed by atoms with Gasteiger partial charge in [-0.05, 0) is 35.4 Å². The Labute approximate surface area is 208 Å². The predicted molar refractivity (Wildman–Crippen MR) is 137 cm³/mol. The Bertz CT molecular complexity index is 1220. The molecule has 8 nitrogen and oxygen atoms in total. The number of nitrogens with zero attached hydrogens (tertiary/aromatic N) is 4. The molecule has 35 heavy (non-hydrogen) atoms. The number of thiazole rings is 1. The lowest BCUT2D eigenvalue weighted by Gasteiger charge is -2.37. The maximum absolute atomic E-state index is 12.9. The summed E-state index contributed by atoms with van der Waals surface area (Å²) in [6.07, 6.45) is 2.14. The summed E-state index contributed by atoms with van der Waals surface area (Å²) in [4.78, 5) is 46.9. The first-order valence-electron chi connectivity index (χ1n) is 11.7. The standard InChI is InChI=1S/C26H27N5O3S/c1-18(32)28-21-7-5-19(6-8-21)20-3-2-4-22(15-20)31-17-23(16-24(31)33)29-10-12-30(13-11-29)26(34)25-27-9-14-35-25/h2-9,14-15,23H,10-13,16-17H2,1H3,(H,28,32). The van der Waals surface area contributed by atoms with Gasteiger partial charge in [0, 0.05) is 75.1 Å². The molecule has 1 N–H and O–H groups in total. The topological polar surface area (TPSA) is 85.8 Å². The highest BCUT2D eigenvalue weighted by Crippen LogP contribution is 2.30. The molecule has 3 amide bonds. The van der Waals surface area contributed by atoms with Crippen LogP contribution in [0.3, 0.4) is 0 Å². The SMILES string of the molecule is CC(=O)Nc1ccc(-c2cccc(N3CC(N4CCN(C(=O)c5nccs5)CC4)CC3=O)c2)cc1. The molecular weight excluding hydrogens is 462 g/mol. The van der Waals surface area contributed by atoms with Gasteiger partial charge in [0.2, 0.25) is 11.8 Å². The van der Waals surface area contributed by atoms with Crippen LogP contribution in [-0.4, -0.2) is 71.3 Å². The highest BCUT2D eigenvalue weighted by atomic mass is 32.1. The van der Waals surface area contributed by atoms with Crippen LogP contribution in [0.4, 0.5) is 11.4 Å². The van der Waals surface area contributed by atoms with Crippen LogP contribution in [0.15, 0.2) is 60.1 Å². The lowest BCUT2D eigenvalue weighted by molar-refractivity contribution is -0.117. The predicted octanol–water partition coefficient (Wildman–Crippen LogP) is 3.33. The van der Waals surface area contributed by atoms with Gasteiger partial charge in [0.1, 0.15) is 0 Å². The third kappa shape index (κ3) is 5.11. The molecule has 2 aliphatic heterocycles. The van der Waals surface area contributed by atoms with Crippen LogP contribution < -0.4 is 10.2 Å². The van der Waals surface area contributed by atoms with Gasteiger partial charge in [-0.2, -0.15) is 0 Å². The minimum atomic E-state index is -0.102. The fourth-order valence-corrected chi connectivity index (χ4v) is 5.34. The van der Waals surface area contributed by atoms with E-state index in [1.54, 1.807) is 6.20 Å². The van der Waals surface area contributed by atoms with E-state index in [4.69, 9.17) is 0 Å². The van der Waals surface area contributed by atoms with Gasteiger partial charge < -0.3 is 15.1 Å². The van der Waals surface area contributed by atoms with Crippen LogP contribution >= 0.6 is 11.3 Å². The first kappa shape index (κ1) is 23.2. The highest BCUT2D eigenvalue weighted by molar-refractivity contribution is 7.11. The van der Waals surface area contributed by atoms with E-state index in [1.165, 1.54) is 18.3 Å². The zero-order valence-electron chi connectivity index (χ0n) is 19.5. The lowest BCUT2D eigenvalue weighted by Crippen LogP contribution is -2.52. The zero-order valence-corrected chi connectivity index (χ0v) is 20.3. The second kappa shape index (κ2) is 9.97. The summed E-state index contributed by atoms with van der Waals surface area (Å²) < 4.78 is 0. The van der Waals surface area contributed by atoms with E-state index in [-0.39, 0.29) is 23.8 Å². The number of carbonyl (C=O) groups is 3. The molecule has 2 aliphatic rings. The third-order valence-corrected chi connectivity index (χ3v) is 7.30. The number of amides is 3. The fraction of sp³-hybridized carbons (Fsp3) is 0.308. The summed E-state index contributed by atoms with van der Waals surface area (Å²) in [6, 6.07) is 15.8. The van der Waals surface area contributed by atoms with Crippen molar-refractivity contribution in [3.8, 4) is 11.1 Å². The molecule has 0 bridgehead atoms. The molecule has 0 spiro atoms. The van der Waals surface area contributed by atoms with E-state index in [0.29, 0.717) is 31.1 Å². The Kier molecular flexibility index (Phi) is 6.61. The summed E-state index contributed by atoms with van der Waals surface area (Å²) >= 11 is 1.37. The Hall–Kier alpha value is -3.56. The summed E-state index contributed by atoms with van der Waals surface area (Å²) in [6.45, 7) is 4.93. The molecule has 1 atom stereocenters. The molecule has 2 aromatic carbocycles. The molecule has 3 aromatic rings. The summed E-state index contributed by atoms with van der Waals surface area (Å²) in [5, 5.41) is 5.13. The van der Waals surface area contributed by atoms with Gasteiger partial charge in [0.05, 0.1) is 0 Å².